The number of benzene rings is 1. The number of methoxy groups -OCH3 is 1. The Morgan fingerprint density at radius 1 is 1.53 bits per heavy atom. The van der Waals surface area contributed by atoms with Gasteiger partial charge in [-0.25, -0.2) is 0 Å². The second-order valence-electron chi connectivity index (χ2n) is 4.19. The van der Waals surface area contributed by atoms with Crippen LogP contribution in [0.3, 0.4) is 0 Å². The monoisotopic (exact) mass is 232 g/mol. The smallest absolute Gasteiger partial charge is 0.310 e. The average Bonchev–Trinajstić information content (AvgIpc) is 2.73. The van der Waals surface area contributed by atoms with Crippen LogP contribution in [-0.2, 0) is 11.2 Å². The fourth-order valence-corrected chi connectivity index (χ4v) is 2.33. The fraction of sp³-hybridized carbons (Fsp3) is 0.357. The van der Waals surface area contributed by atoms with Gasteiger partial charge in [0.1, 0.15) is 5.75 Å². The maximum absolute atomic E-state index is 11.2. The first-order valence-electron chi connectivity index (χ1n) is 5.77. The molecule has 0 saturated carbocycles. The highest BCUT2D eigenvalue weighted by Gasteiger charge is 2.26. The van der Waals surface area contributed by atoms with Crippen molar-refractivity contribution >= 4 is 11.5 Å². The molecule has 1 N–H and O–H groups in total. The van der Waals surface area contributed by atoms with Crippen molar-refractivity contribution in [3.8, 4) is 5.75 Å². The lowest BCUT2D eigenvalue weighted by molar-refractivity contribution is -0.139. The Morgan fingerprint density at radius 3 is 2.88 bits per heavy atom. The van der Waals surface area contributed by atoms with Crippen LogP contribution in [0.15, 0.2) is 24.3 Å². The van der Waals surface area contributed by atoms with E-state index in [2.05, 4.69) is 0 Å². The van der Waals surface area contributed by atoms with Gasteiger partial charge in [-0.05, 0) is 41.7 Å². The average molecular weight is 232 g/mol. The molecule has 0 aromatic heterocycles. The van der Waals surface area contributed by atoms with Crippen molar-refractivity contribution in [3.05, 3.63) is 35.4 Å². The van der Waals surface area contributed by atoms with Crippen molar-refractivity contribution in [2.45, 2.75) is 19.8 Å². The Hall–Kier alpha value is -1.77. The normalized spacial score (nSPS) is 15.1. The summed E-state index contributed by atoms with van der Waals surface area (Å²) in [4.78, 5) is 11.2. The molecule has 1 aliphatic rings. The zero-order valence-corrected chi connectivity index (χ0v) is 10.1. The molecule has 0 aliphatic heterocycles. The van der Waals surface area contributed by atoms with E-state index in [1.165, 1.54) is 0 Å². The van der Waals surface area contributed by atoms with Gasteiger partial charge >= 0.3 is 5.97 Å². The third kappa shape index (κ3) is 2.05. The van der Waals surface area contributed by atoms with Crippen molar-refractivity contribution in [1.29, 1.82) is 0 Å². The minimum Gasteiger partial charge on any atom is -0.497 e. The third-order valence-electron chi connectivity index (χ3n) is 3.25. The van der Waals surface area contributed by atoms with Crippen LogP contribution < -0.4 is 4.74 Å². The van der Waals surface area contributed by atoms with Crippen molar-refractivity contribution in [2.75, 3.05) is 7.11 Å². The van der Waals surface area contributed by atoms with Gasteiger partial charge in [0.25, 0.3) is 0 Å². The lowest BCUT2D eigenvalue weighted by atomic mass is 9.92. The standard InChI is InChI=1S/C14H16O3/c1-3-11(14(15)16)13-6-4-9-8-10(17-2)5-7-12(9)13/h5-8,11H,3-4H2,1-2H3,(H,15,16)/t11-/m1/s1. The summed E-state index contributed by atoms with van der Waals surface area (Å²) >= 11 is 0. The van der Waals surface area contributed by atoms with E-state index in [0.717, 1.165) is 28.9 Å². The van der Waals surface area contributed by atoms with Crippen LogP contribution in [0.25, 0.3) is 5.57 Å². The molecule has 1 atom stereocenters. The number of hydrogen-bond acceptors (Lipinski definition) is 2. The first-order chi connectivity index (χ1) is 8.17. The lowest BCUT2D eigenvalue weighted by Gasteiger charge is -2.13. The summed E-state index contributed by atoms with van der Waals surface area (Å²) in [7, 11) is 1.64. The lowest BCUT2D eigenvalue weighted by Crippen LogP contribution is -2.13. The van der Waals surface area contributed by atoms with Gasteiger partial charge in [0.15, 0.2) is 0 Å². The number of ether oxygens (including phenoxy) is 1. The summed E-state index contributed by atoms with van der Waals surface area (Å²) < 4.78 is 5.17. The van der Waals surface area contributed by atoms with Crippen LogP contribution in [-0.4, -0.2) is 18.2 Å². The molecular formula is C14H16O3. The Bertz CT molecular complexity index is 474. The minimum atomic E-state index is -0.748. The van der Waals surface area contributed by atoms with Crippen LogP contribution in [0.1, 0.15) is 24.5 Å². The fourth-order valence-electron chi connectivity index (χ4n) is 2.33. The summed E-state index contributed by atoms with van der Waals surface area (Å²) in [6.45, 7) is 1.90. The number of hydrogen-bond donors (Lipinski definition) is 1. The van der Waals surface area contributed by atoms with Gasteiger partial charge < -0.3 is 9.84 Å². The van der Waals surface area contributed by atoms with Crippen molar-refractivity contribution in [2.24, 2.45) is 5.92 Å². The van der Waals surface area contributed by atoms with Gasteiger partial charge in [-0.15, -0.1) is 0 Å². The molecule has 0 saturated heterocycles. The molecule has 0 heterocycles. The van der Waals surface area contributed by atoms with Gasteiger partial charge in [0, 0.05) is 0 Å². The number of rotatable bonds is 4. The van der Waals surface area contributed by atoms with E-state index < -0.39 is 11.9 Å². The zero-order chi connectivity index (χ0) is 12.4. The summed E-state index contributed by atoms with van der Waals surface area (Å²) in [6, 6.07) is 5.82. The quantitative estimate of drug-likeness (QED) is 0.868. The predicted octanol–water partition coefficient (Wildman–Crippen LogP) is 2.75. The second-order valence-corrected chi connectivity index (χ2v) is 4.19. The van der Waals surface area contributed by atoms with Gasteiger partial charge in [-0.2, -0.15) is 0 Å². The molecule has 0 bridgehead atoms. The second kappa shape index (κ2) is 4.62. The number of allylic oxidation sites excluding steroid dienone is 1. The summed E-state index contributed by atoms with van der Waals surface area (Å²) in [5.74, 6) is -0.325. The molecule has 1 aliphatic carbocycles. The molecule has 1 aromatic carbocycles. The van der Waals surface area contributed by atoms with Crippen molar-refractivity contribution in [1.82, 2.24) is 0 Å². The summed E-state index contributed by atoms with van der Waals surface area (Å²) in [6.07, 6.45) is 3.44. The highest BCUT2D eigenvalue weighted by molar-refractivity contribution is 5.90. The van der Waals surface area contributed by atoms with Gasteiger partial charge in [-0.1, -0.05) is 19.1 Å². The number of carbonyl (C=O) groups is 1. The number of aliphatic carboxylic acids is 1. The number of carboxylic acids is 1. The molecular weight excluding hydrogens is 216 g/mol. The SMILES string of the molecule is CC[C@@H](C(=O)O)C1=CCc2cc(OC)ccc21. The van der Waals surface area contributed by atoms with Gasteiger partial charge in [0.2, 0.25) is 0 Å². The van der Waals surface area contributed by atoms with Gasteiger partial charge in [0.05, 0.1) is 13.0 Å². The topological polar surface area (TPSA) is 46.5 Å². The Morgan fingerprint density at radius 2 is 2.29 bits per heavy atom. The minimum absolute atomic E-state index is 0.398. The molecule has 90 valence electrons. The highest BCUT2D eigenvalue weighted by Crippen LogP contribution is 2.36. The molecule has 3 nitrogen and oxygen atoms in total. The Labute approximate surface area is 101 Å². The Balaban J connectivity index is 2.35. The highest BCUT2D eigenvalue weighted by atomic mass is 16.5. The molecule has 3 heteroatoms. The first kappa shape index (κ1) is 11.7. The number of fused-ring (bicyclic) bond motifs is 1. The summed E-state index contributed by atoms with van der Waals surface area (Å²) in [5.41, 5.74) is 3.15. The van der Waals surface area contributed by atoms with Crippen molar-refractivity contribution < 1.29 is 14.6 Å². The predicted molar refractivity (Wildman–Crippen MR) is 66.1 cm³/mol. The van der Waals surface area contributed by atoms with E-state index in [0.29, 0.717) is 6.42 Å². The van der Waals surface area contributed by atoms with Crippen LogP contribution in [0.4, 0.5) is 0 Å². The summed E-state index contributed by atoms with van der Waals surface area (Å²) in [5, 5.41) is 9.19. The van der Waals surface area contributed by atoms with E-state index in [4.69, 9.17) is 4.74 Å². The van der Waals surface area contributed by atoms with Crippen molar-refractivity contribution in [3.63, 3.8) is 0 Å². The van der Waals surface area contributed by atoms with E-state index in [-0.39, 0.29) is 0 Å². The number of carboxylic acid groups (broad SMARTS) is 1. The Kier molecular flexibility index (Phi) is 3.18. The van der Waals surface area contributed by atoms with Crippen LogP contribution in [0, 0.1) is 5.92 Å². The largest absolute Gasteiger partial charge is 0.497 e. The molecule has 2 rings (SSSR count). The van der Waals surface area contributed by atoms with E-state index >= 15 is 0 Å². The molecule has 0 amide bonds. The van der Waals surface area contributed by atoms with E-state index in [9.17, 15) is 9.90 Å². The third-order valence-corrected chi connectivity index (χ3v) is 3.25. The van der Waals surface area contributed by atoms with E-state index in [1.54, 1.807) is 7.11 Å². The maximum Gasteiger partial charge on any atom is 0.310 e. The van der Waals surface area contributed by atoms with Crippen LogP contribution in [0.5, 0.6) is 5.75 Å². The molecule has 0 fully saturated rings. The molecule has 1 aromatic rings. The first-order valence-corrected chi connectivity index (χ1v) is 5.77. The molecule has 17 heavy (non-hydrogen) atoms. The van der Waals surface area contributed by atoms with Gasteiger partial charge in [-0.3, -0.25) is 4.79 Å². The molecule has 0 unspecified atom stereocenters. The molecule has 0 radical (unpaired) electrons. The maximum atomic E-state index is 11.2. The zero-order valence-electron chi connectivity index (χ0n) is 10.1. The van der Waals surface area contributed by atoms with Crippen LogP contribution >= 0.6 is 0 Å². The van der Waals surface area contributed by atoms with Crippen LogP contribution in [0.2, 0.25) is 0 Å². The molecule has 0 spiro atoms. The van der Waals surface area contributed by atoms with E-state index in [1.807, 2.05) is 31.2 Å².